The van der Waals surface area contributed by atoms with Gasteiger partial charge in [0.25, 0.3) is 0 Å². The maximum absolute atomic E-state index is 12.4. The third-order valence-electron chi connectivity index (χ3n) is 3.74. The molecule has 5 nitrogen and oxygen atoms in total. The number of rotatable bonds is 5. The van der Waals surface area contributed by atoms with Crippen molar-refractivity contribution in [3.8, 4) is 5.75 Å². The standard InChI is InChI=1S/C13H17BrN2O3S.ClH/c14-10-5-9-3-4-19-13(9)12(6-10)20(17,18)16-7-11(15)8-1-2-8;/h5-6,8,11,16H,1-4,7,15H2;1H. The van der Waals surface area contributed by atoms with Crippen LogP contribution in [0.4, 0.5) is 0 Å². The van der Waals surface area contributed by atoms with Gasteiger partial charge in [-0.25, -0.2) is 13.1 Å². The molecule has 1 saturated carbocycles. The van der Waals surface area contributed by atoms with Gasteiger partial charge in [0.05, 0.1) is 6.61 Å². The highest BCUT2D eigenvalue weighted by molar-refractivity contribution is 9.10. The molecule has 118 valence electrons. The summed E-state index contributed by atoms with van der Waals surface area (Å²) in [5.41, 5.74) is 6.86. The lowest BCUT2D eigenvalue weighted by Crippen LogP contribution is -2.38. The second-order valence-electron chi connectivity index (χ2n) is 5.34. The Balaban J connectivity index is 0.00000161. The summed E-state index contributed by atoms with van der Waals surface area (Å²) in [6, 6.07) is 3.37. The fourth-order valence-corrected chi connectivity index (χ4v) is 4.35. The molecule has 0 spiro atoms. The van der Waals surface area contributed by atoms with Crippen LogP contribution < -0.4 is 15.2 Å². The Morgan fingerprint density at radius 2 is 2.14 bits per heavy atom. The quantitative estimate of drug-likeness (QED) is 0.794. The van der Waals surface area contributed by atoms with Crippen LogP contribution in [0.3, 0.4) is 0 Å². The summed E-state index contributed by atoms with van der Waals surface area (Å²) in [6.45, 7) is 0.796. The van der Waals surface area contributed by atoms with Crippen LogP contribution in [0.5, 0.6) is 5.75 Å². The van der Waals surface area contributed by atoms with E-state index in [0.29, 0.717) is 18.3 Å². The molecule has 1 unspecified atom stereocenters. The van der Waals surface area contributed by atoms with E-state index in [0.717, 1.165) is 29.3 Å². The van der Waals surface area contributed by atoms with Crippen LogP contribution in [0.2, 0.25) is 0 Å². The lowest BCUT2D eigenvalue weighted by atomic mass is 10.2. The zero-order chi connectivity index (χ0) is 14.3. The number of hydrogen-bond donors (Lipinski definition) is 2. The summed E-state index contributed by atoms with van der Waals surface area (Å²) in [7, 11) is -3.59. The summed E-state index contributed by atoms with van der Waals surface area (Å²) in [5.74, 6) is 0.933. The van der Waals surface area contributed by atoms with Crippen molar-refractivity contribution >= 4 is 38.4 Å². The predicted molar refractivity (Wildman–Crippen MR) is 86.5 cm³/mol. The van der Waals surface area contributed by atoms with Crippen LogP contribution in [0.25, 0.3) is 0 Å². The first-order valence-electron chi connectivity index (χ1n) is 6.68. The Hall–Kier alpha value is -0.340. The topological polar surface area (TPSA) is 81.4 Å². The second kappa shape index (κ2) is 6.42. The average Bonchev–Trinajstić information content (AvgIpc) is 3.14. The minimum absolute atomic E-state index is 0. The van der Waals surface area contributed by atoms with Gasteiger partial charge in [0.2, 0.25) is 10.0 Å². The number of sulfonamides is 1. The van der Waals surface area contributed by atoms with Gasteiger partial charge < -0.3 is 10.5 Å². The van der Waals surface area contributed by atoms with Crippen molar-refractivity contribution in [1.82, 2.24) is 4.72 Å². The summed E-state index contributed by atoms with van der Waals surface area (Å²) in [6.07, 6.45) is 2.93. The largest absolute Gasteiger partial charge is 0.492 e. The molecular weight excluding hydrogens is 380 g/mol. The SMILES string of the molecule is Cl.NC(CNS(=O)(=O)c1cc(Br)cc2c1OCC2)C1CC1. The molecule has 8 heteroatoms. The van der Waals surface area contributed by atoms with Crippen LogP contribution in [0, 0.1) is 5.92 Å². The molecule has 0 aromatic heterocycles. The molecule has 0 bridgehead atoms. The molecule has 1 fully saturated rings. The van der Waals surface area contributed by atoms with Gasteiger partial charge in [-0.15, -0.1) is 12.4 Å². The van der Waals surface area contributed by atoms with Gasteiger partial charge in [-0.05, 0) is 30.9 Å². The molecule has 1 aromatic rings. The Morgan fingerprint density at radius 3 is 2.81 bits per heavy atom. The van der Waals surface area contributed by atoms with E-state index < -0.39 is 10.0 Å². The predicted octanol–water partition coefficient (Wildman–Crippen LogP) is 1.82. The van der Waals surface area contributed by atoms with Crippen LogP contribution in [-0.4, -0.2) is 27.6 Å². The average molecular weight is 398 g/mol. The van der Waals surface area contributed by atoms with E-state index in [-0.39, 0.29) is 29.9 Å². The Kier molecular flexibility index (Phi) is 5.20. The molecule has 0 radical (unpaired) electrons. The van der Waals surface area contributed by atoms with E-state index in [1.807, 2.05) is 6.07 Å². The lowest BCUT2D eigenvalue weighted by molar-refractivity contribution is 0.348. The van der Waals surface area contributed by atoms with E-state index in [9.17, 15) is 8.42 Å². The summed E-state index contributed by atoms with van der Waals surface area (Å²) < 4.78 is 33.7. The van der Waals surface area contributed by atoms with Crippen molar-refractivity contribution in [3.63, 3.8) is 0 Å². The molecule has 1 aliphatic heterocycles. The summed E-state index contributed by atoms with van der Waals surface area (Å²) in [4.78, 5) is 0.197. The normalized spacial score (nSPS) is 18.6. The van der Waals surface area contributed by atoms with Crippen LogP contribution in [0.15, 0.2) is 21.5 Å². The van der Waals surface area contributed by atoms with Crippen molar-refractivity contribution in [1.29, 1.82) is 0 Å². The number of halogens is 2. The molecule has 21 heavy (non-hydrogen) atoms. The molecule has 2 aliphatic rings. The number of benzene rings is 1. The molecular formula is C13H18BrClN2O3S. The third kappa shape index (κ3) is 3.71. The highest BCUT2D eigenvalue weighted by Crippen LogP contribution is 2.36. The van der Waals surface area contributed by atoms with E-state index in [4.69, 9.17) is 10.5 Å². The van der Waals surface area contributed by atoms with Gasteiger partial charge in [0.15, 0.2) is 0 Å². The first-order valence-corrected chi connectivity index (χ1v) is 8.95. The fraction of sp³-hybridized carbons (Fsp3) is 0.538. The Bertz CT molecular complexity index is 635. The molecule has 1 atom stereocenters. The van der Waals surface area contributed by atoms with Gasteiger partial charge in [-0.2, -0.15) is 0 Å². The minimum Gasteiger partial charge on any atom is -0.492 e. The first kappa shape index (κ1) is 17.0. The van der Waals surface area contributed by atoms with Gasteiger partial charge in [0, 0.05) is 29.0 Å². The number of fused-ring (bicyclic) bond motifs is 1. The van der Waals surface area contributed by atoms with Crippen LogP contribution in [-0.2, 0) is 16.4 Å². The highest BCUT2D eigenvalue weighted by atomic mass is 79.9. The van der Waals surface area contributed by atoms with Gasteiger partial charge >= 0.3 is 0 Å². The first-order chi connectivity index (χ1) is 9.47. The highest BCUT2D eigenvalue weighted by Gasteiger charge is 2.31. The molecule has 1 heterocycles. The summed E-state index contributed by atoms with van der Waals surface area (Å²) in [5, 5.41) is 0. The van der Waals surface area contributed by atoms with Crippen LogP contribution >= 0.6 is 28.3 Å². The van der Waals surface area contributed by atoms with Crippen molar-refractivity contribution < 1.29 is 13.2 Å². The number of ether oxygens (including phenoxy) is 1. The molecule has 1 aliphatic carbocycles. The Labute approximate surface area is 139 Å². The van der Waals surface area contributed by atoms with Crippen molar-refractivity contribution in [2.24, 2.45) is 11.7 Å². The zero-order valence-corrected chi connectivity index (χ0v) is 14.6. The van der Waals surface area contributed by atoms with Gasteiger partial charge in [0.1, 0.15) is 10.6 Å². The molecule has 3 N–H and O–H groups in total. The maximum Gasteiger partial charge on any atom is 0.244 e. The maximum atomic E-state index is 12.4. The van der Waals surface area contributed by atoms with Crippen LogP contribution in [0.1, 0.15) is 18.4 Å². The second-order valence-corrected chi connectivity index (χ2v) is 7.99. The smallest absolute Gasteiger partial charge is 0.244 e. The van der Waals surface area contributed by atoms with Gasteiger partial charge in [-0.3, -0.25) is 0 Å². The van der Waals surface area contributed by atoms with E-state index in [1.54, 1.807) is 6.07 Å². The molecule has 3 rings (SSSR count). The summed E-state index contributed by atoms with van der Waals surface area (Å²) >= 11 is 3.35. The van der Waals surface area contributed by atoms with Crippen molar-refractivity contribution in [2.45, 2.75) is 30.2 Å². The number of nitrogens with one attached hydrogen (secondary N) is 1. The number of hydrogen-bond acceptors (Lipinski definition) is 4. The monoisotopic (exact) mass is 396 g/mol. The van der Waals surface area contributed by atoms with E-state index in [2.05, 4.69) is 20.7 Å². The van der Waals surface area contributed by atoms with E-state index >= 15 is 0 Å². The molecule has 0 amide bonds. The fourth-order valence-electron chi connectivity index (χ4n) is 2.41. The minimum atomic E-state index is -3.59. The third-order valence-corrected chi connectivity index (χ3v) is 5.63. The number of nitrogens with two attached hydrogens (primary N) is 1. The molecule has 0 saturated heterocycles. The molecule has 1 aromatic carbocycles. The van der Waals surface area contributed by atoms with Gasteiger partial charge in [-0.1, -0.05) is 15.9 Å². The van der Waals surface area contributed by atoms with E-state index in [1.165, 1.54) is 0 Å². The van der Waals surface area contributed by atoms with Crippen molar-refractivity contribution in [3.05, 3.63) is 22.2 Å². The van der Waals surface area contributed by atoms with Crippen molar-refractivity contribution in [2.75, 3.05) is 13.2 Å². The lowest BCUT2D eigenvalue weighted by Gasteiger charge is -2.14. The Morgan fingerprint density at radius 1 is 1.43 bits per heavy atom. The zero-order valence-electron chi connectivity index (χ0n) is 11.3.